The highest BCUT2D eigenvalue weighted by Crippen LogP contribution is 2.39. The van der Waals surface area contributed by atoms with Crippen LogP contribution in [-0.2, 0) is 11.8 Å². The van der Waals surface area contributed by atoms with Gasteiger partial charge in [0.2, 0.25) is 0 Å². The van der Waals surface area contributed by atoms with Gasteiger partial charge in [-0.1, -0.05) is 12.1 Å². The first-order chi connectivity index (χ1) is 15.8. The molecule has 0 spiro atoms. The van der Waals surface area contributed by atoms with Gasteiger partial charge in [0, 0.05) is 54.0 Å². The number of hydrogen-bond donors (Lipinski definition) is 0. The van der Waals surface area contributed by atoms with Crippen molar-refractivity contribution in [1.29, 1.82) is 0 Å². The van der Waals surface area contributed by atoms with Crippen molar-refractivity contribution in [1.82, 2.24) is 19.2 Å². The molecule has 1 fully saturated rings. The molecule has 1 aliphatic rings. The number of halogens is 1. The molecule has 4 aromatic rings. The van der Waals surface area contributed by atoms with Crippen molar-refractivity contribution in [2.75, 3.05) is 6.61 Å². The number of fused-ring (bicyclic) bond motifs is 1. The van der Waals surface area contributed by atoms with Crippen LogP contribution in [0.3, 0.4) is 0 Å². The van der Waals surface area contributed by atoms with Crippen LogP contribution in [-0.4, -0.2) is 25.8 Å². The summed E-state index contributed by atoms with van der Waals surface area (Å²) < 4.78 is 24.4. The van der Waals surface area contributed by atoms with Crippen molar-refractivity contribution in [2.24, 2.45) is 7.05 Å². The van der Waals surface area contributed by atoms with E-state index in [0.717, 1.165) is 29.5 Å². The van der Waals surface area contributed by atoms with E-state index in [-0.39, 0.29) is 23.4 Å². The number of aromatic nitrogens is 4. The summed E-state index contributed by atoms with van der Waals surface area (Å²) in [5.41, 5.74) is 5.57. The zero-order valence-corrected chi connectivity index (χ0v) is 19.3. The molecule has 0 amide bonds. The molecule has 33 heavy (non-hydrogen) atoms. The summed E-state index contributed by atoms with van der Waals surface area (Å²) in [6.45, 7) is 6.06. The van der Waals surface area contributed by atoms with Crippen LogP contribution in [0, 0.1) is 26.6 Å². The minimum atomic E-state index is -0.318. The molecule has 3 aromatic heterocycles. The highest BCUT2D eigenvalue weighted by atomic mass is 19.1. The fourth-order valence-electron chi connectivity index (χ4n) is 4.65. The molecule has 5 rings (SSSR count). The Morgan fingerprint density at radius 3 is 2.64 bits per heavy atom. The number of nitrogens with zero attached hydrogens (tertiary/aromatic N) is 4. The van der Waals surface area contributed by atoms with Gasteiger partial charge in [0.15, 0.2) is 0 Å². The predicted molar refractivity (Wildman–Crippen MR) is 125 cm³/mol. The second kappa shape index (κ2) is 8.23. The average Bonchev–Trinajstić information content (AvgIpc) is 3.24. The number of ether oxygens (including phenoxy) is 1. The summed E-state index contributed by atoms with van der Waals surface area (Å²) in [5.74, 6) is -0.157. The zero-order chi connectivity index (χ0) is 23.3. The first kappa shape index (κ1) is 21.5. The summed E-state index contributed by atoms with van der Waals surface area (Å²) >= 11 is 0. The van der Waals surface area contributed by atoms with Crippen molar-refractivity contribution in [2.45, 2.75) is 45.6 Å². The van der Waals surface area contributed by atoms with Crippen LogP contribution in [0.5, 0.6) is 0 Å². The van der Waals surface area contributed by atoms with Crippen LogP contribution < -0.4 is 5.56 Å². The van der Waals surface area contributed by atoms with Crippen molar-refractivity contribution < 1.29 is 9.13 Å². The molecule has 0 aliphatic carbocycles. The number of benzene rings is 1. The lowest BCUT2D eigenvalue weighted by Crippen LogP contribution is -2.23. The lowest BCUT2D eigenvalue weighted by atomic mass is 9.86. The molecule has 0 N–H and O–H groups in total. The molecule has 0 saturated carbocycles. The summed E-state index contributed by atoms with van der Waals surface area (Å²) in [4.78, 5) is 17.9. The van der Waals surface area contributed by atoms with Crippen LogP contribution in [0.4, 0.5) is 4.39 Å². The number of hydrogen-bond acceptors (Lipinski definition) is 4. The summed E-state index contributed by atoms with van der Waals surface area (Å²) in [5, 5.41) is 4.27. The second-order valence-electron chi connectivity index (χ2n) is 9.02. The molecular weight excluding hydrogens is 419 g/mol. The molecule has 1 aliphatic heterocycles. The quantitative estimate of drug-likeness (QED) is 0.454. The Labute approximate surface area is 191 Å². The van der Waals surface area contributed by atoms with Gasteiger partial charge in [0.1, 0.15) is 11.5 Å². The van der Waals surface area contributed by atoms with Crippen LogP contribution >= 0.6 is 0 Å². The van der Waals surface area contributed by atoms with Gasteiger partial charge >= 0.3 is 0 Å². The molecule has 7 heteroatoms. The first-order valence-electron chi connectivity index (χ1n) is 11.2. The maximum absolute atomic E-state index is 15.1. The smallest absolute Gasteiger partial charge is 0.261 e. The monoisotopic (exact) mass is 446 g/mol. The van der Waals surface area contributed by atoms with Crippen LogP contribution in [0.25, 0.3) is 16.8 Å². The maximum Gasteiger partial charge on any atom is 0.261 e. The van der Waals surface area contributed by atoms with E-state index in [1.807, 2.05) is 51.6 Å². The van der Waals surface area contributed by atoms with Gasteiger partial charge in [-0.25, -0.2) is 9.37 Å². The minimum Gasteiger partial charge on any atom is -0.373 e. The first-order valence-corrected chi connectivity index (χ1v) is 11.2. The molecule has 1 aromatic carbocycles. The third-order valence-electron chi connectivity index (χ3n) is 6.68. The highest BCUT2D eigenvalue weighted by Gasteiger charge is 2.27. The van der Waals surface area contributed by atoms with E-state index >= 15 is 4.39 Å². The SMILES string of the molecule is Cc1ccc(-c2cc([C@H]3CCO[C@@H](c4cnn(C)c4)C3)cn3c(=O)c(C)c(C)nc23)c(F)c1. The Hall–Kier alpha value is -3.32. The number of pyridine rings is 1. The van der Waals surface area contributed by atoms with E-state index in [1.165, 1.54) is 6.07 Å². The number of aryl methyl sites for hydroxylation is 3. The highest BCUT2D eigenvalue weighted by molar-refractivity contribution is 5.79. The molecule has 1 saturated heterocycles. The van der Waals surface area contributed by atoms with E-state index in [2.05, 4.69) is 10.1 Å². The van der Waals surface area contributed by atoms with Gasteiger partial charge in [-0.3, -0.25) is 13.9 Å². The molecule has 2 atom stereocenters. The summed E-state index contributed by atoms with van der Waals surface area (Å²) in [7, 11) is 1.89. The lowest BCUT2D eigenvalue weighted by molar-refractivity contribution is 0.00518. The maximum atomic E-state index is 15.1. The van der Waals surface area contributed by atoms with Gasteiger partial charge in [-0.2, -0.15) is 5.10 Å². The lowest BCUT2D eigenvalue weighted by Gasteiger charge is -2.30. The number of rotatable bonds is 3. The van der Waals surface area contributed by atoms with Gasteiger partial charge in [-0.05, 0) is 62.8 Å². The van der Waals surface area contributed by atoms with Crippen LogP contribution in [0.15, 0.2) is 47.7 Å². The normalized spacial score (nSPS) is 18.7. The fourth-order valence-corrected chi connectivity index (χ4v) is 4.65. The predicted octanol–water partition coefficient (Wildman–Crippen LogP) is 4.79. The van der Waals surface area contributed by atoms with Gasteiger partial charge < -0.3 is 4.74 Å². The standard InChI is InChI=1S/C26H27FN4O2/c1-15-5-6-21(23(27)9-15)22-10-19(14-31-25(22)29-17(3)16(2)26(31)32)18-7-8-33-24(11-18)20-12-28-30(4)13-20/h5-6,9-10,12-14,18,24H,7-8,11H2,1-4H3/t18-,24+/m0/s1. The van der Waals surface area contributed by atoms with Gasteiger partial charge in [-0.15, -0.1) is 0 Å². The molecule has 0 radical (unpaired) electrons. The Morgan fingerprint density at radius 1 is 1.09 bits per heavy atom. The third-order valence-corrected chi connectivity index (χ3v) is 6.68. The third kappa shape index (κ3) is 3.86. The van der Waals surface area contributed by atoms with E-state index in [9.17, 15) is 4.79 Å². The molecule has 0 unspecified atom stereocenters. The largest absolute Gasteiger partial charge is 0.373 e. The summed E-state index contributed by atoms with van der Waals surface area (Å²) in [6, 6.07) is 7.17. The second-order valence-corrected chi connectivity index (χ2v) is 9.02. The van der Waals surface area contributed by atoms with E-state index < -0.39 is 0 Å². The van der Waals surface area contributed by atoms with Crippen LogP contribution in [0.1, 0.15) is 52.8 Å². The minimum absolute atomic E-state index is 0.0673. The van der Waals surface area contributed by atoms with Crippen molar-refractivity contribution in [3.63, 3.8) is 0 Å². The van der Waals surface area contributed by atoms with E-state index in [0.29, 0.717) is 34.6 Å². The van der Waals surface area contributed by atoms with Crippen molar-refractivity contribution >= 4 is 5.65 Å². The molecule has 170 valence electrons. The van der Waals surface area contributed by atoms with Gasteiger partial charge in [0.05, 0.1) is 12.3 Å². The van der Waals surface area contributed by atoms with Crippen molar-refractivity contribution in [3.8, 4) is 11.1 Å². The molecular formula is C26H27FN4O2. The average molecular weight is 447 g/mol. The van der Waals surface area contributed by atoms with Crippen molar-refractivity contribution in [3.05, 3.63) is 87.0 Å². The topological polar surface area (TPSA) is 61.4 Å². The fraction of sp³-hybridized carbons (Fsp3) is 0.346. The summed E-state index contributed by atoms with van der Waals surface area (Å²) in [6.07, 6.45) is 7.21. The Morgan fingerprint density at radius 2 is 1.91 bits per heavy atom. The van der Waals surface area contributed by atoms with E-state index in [1.54, 1.807) is 22.1 Å². The Kier molecular flexibility index (Phi) is 5.37. The zero-order valence-electron chi connectivity index (χ0n) is 19.3. The molecule has 4 heterocycles. The van der Waals surface area contributed by atoms with Gasteiger partial charge in [0.25, 0.3) is 5.56 Å². The Bertz CT molecular complexity index is 1420. The Balaban J connectivity index is 1.67. The molecule has 6 nitrogen and oxygen atoms in total. The van der Waals surface area contributed by atoms with Crippen LogP contribution in [0.2, 0.25) is 0 Å². The molecule has 0 bridgehead atoms. The van der Waals surface area contributed by atoms with E-state index in [4.69, 9.17) is 4.74 Å².